The van der Waals surface area contributed by atoms with E-state index in [-0.39, 0.29) is 11.7 Å². The Kier molecular flexibility index (Phi) is 6.26. The highest BCUT2D eigenvalue weighted by atomic mass is 32.2. The zero-order valence-electron chi connectivity index (χ0n) is 16.2. The molecule has 27 heavy (non-hydrogen) atoms. The lowest BCUT2D eigenvalue weighted by Gasteiger charge is -2.29. The molecule has 2 atom stereocenters. The Morgan fingerprint density at radius 2 is 1.74 bits per heavy atom. The van der Waals surface area contributed by atoms with Crippen LogP contribution in [0.15, 0.2) is 42.5 Å². The molecule has 0 heterocycles. The average molecular weight is 392 g/mol. The third kappa shape index (κ3) is 4.86. The van der Waals surface area contributed by atoms with Crippen molar-refractivity contribution in [2.24, 2.45) is 0 Å². The van der Waals surface area contributed by atoms with Crippen LogP contribution in [0.3, 0.4) is 0 Å². The molecule has 0 spiro atoms. The van der Waals surface area contributed by atoms with Crippen LogP contribution in [0.4, 0.5) is 10.1 Å². The lowest BCUT2D eigenvalue weighted by molar-refractivity contribution is -0.122. The molecule has 0 aliphatic rings. The predicted octanol–water partition coefficient (Wildman–Crippen LogP) is 3.47. The van der Waals surface area contributed by atoms with Crippen molar-refractivity contribution in [1.82, 2.24) is 5.32 Å². The maximum absolute atomic E-state index is 14.2. The summed E-state index contributed by atoms with van der Waals surface area (Å²) in [5, 5.41) is 2.83. The third-order valence-corrected chi connectivity index (χ3v) is 5.66. The van der Waals surface area contributed by atoms with Gasteiger partial charge >= 0.3 is 0 Å². The fraction of sp³-hybridized carbons (Fsp3) is 0.350. The molecule has 0 saturated carbocycles. The number of aryl methyl sites for hydroxylation is 2. The minimum absolute atomic E-state index is 0.151. The number of nitrogens with one attached hydrogen (secondary N) is 1. The van der Waals surface area contributed by atoms with Gasteiger partial charge in [-0.05, 0) is 51.0 Å². The molecule has 5 nitrogen and oxygen atoms in total. The molecule has 0 saturated heterocycles. The summed E-state index contributed by atoms with van der Waals surface area (Å²) in [5.74, 6) is -1.21. The van der Waals surface area contributed by atoms with Crippen molar-refractivity contribution in [3.05, 3.63) is 65.0 Å². The summed E-state index contributed by atoms with van der Waals surface area (Å²) >= 11 is 0. The standard InChI is InChI=1S/C20H25FN2O3S/c1-13-10-11-17(14(2)12-13)15(3)22-20(24)16(4)23(27(5,25)26)19-9-7-6-8-18(19)21/h6-12,15-16H,1-5H3,(H,22,24)/t15-,16-/m0/s1. The van der Waals surface area contributed by atoms with Crippen LogP contribution in [0.2, 0.25) is 0 Å². The molecule has 1 amide bonds. The Labute approximate surface area is 160 Å². The van der Waals surface area contributed by atoms with Crippen molar-refractivity contribution in [1.29, 1.82) is 0 Å². The van der Waals surface area contributed by atoms with E-state index in [1.54, 1.807) is 0 Å². The van der Waals surface area contributed by atoms with Gasteiger partial charge < -0.3 is 5.32 Å². The summed E-state index contributed by atoms with van der Waals surface area (Å²) in [6.07, 6.45) is 0.955. The summed E-state index contributed by atoms with van der Waals surface area (Å²) in [6.45, 7) is 7.21. The van der Waals surface area contributed by atoms with Gasteiger partial charge in [0.05, 0.1) is 18.0 Å². The van der Waals surface area contributed by atoms with Gasteiger partial charge in [-0.15, -0.1) is 0 Å². The van der Waals surface area contributed by atoms with Crippen molar-refractivity contribution in [3.63, 3.8) is 0 Å². The molecule has 0 aliphatic heterocycles. The zero-order chi connectivity index (χ0) is 20.4. The molecule has 2 aromatic carbocycles. The Morgan fingerprint density at radius 1 is 1.11 bits per heavy atom. The Bertz CT molecular complexity index is 944. The van der Waals surface area contributed by atoms with Crippen LogP contribution in [0, 0.1) is 19.7 Å². The van der Waals surface area contributed by atoms with E-state index < -0.39 is 27.8 Å². The van der Waals surface area contributed by atoms with Gasteiger partial charge in [0.1, 0.15) is 11.9 Å². The van der Waals surface area contributed by atoms with Crippen LogP contribution in [0.25, 0.3) is 0 Å². The molecule has 0 aliphatic carbocycles. The van der Waals surface area contributed by atoms with Crippen molar-refractivity contribution >= 4 is 21.6 Å². The molecule has 2 aromatic rings. The zero-order valence-corrected chi connectivity index (χ0v) is 17.0. The predicted molar refractivity (Wildman–Crippen MR) is 106 cm³/mol. The minimum atomic E-state index is -3.87. The molecule has 0 aromatic heterocycles. The first kappa shape index (κ1) is 20.9. The number of hydrogen-bond acceptors (Lipinski definition) is 3. The van der Waals surface area contributed by atoms with Crippen LogP contribution in [0.5, 0.6) is 0 Å². The van der Waals surface area contributed by atoms with E-state index >= 15 is 0 Å². The topological polar surface area (TPSA) is 66.5 Å². The fourth-order valence-electron chi connectivity index (χ4n) is 3.13. The molecule has 0 fully saturated rings. The number of hydrogen-bond donors (Lipinski definition) is 1. The molecule has 7 heteroatoms. The number of carbonyl (C=O) groups is 1. The quantitative estimate of drug-likeness (QED) is 0.819. The van der Waals surface area contributed by atoms with Gasteiger partial charge in [0.2, 0.25) is 15.9 Å². The number of para-hydroxylation sites is 1. The Balaban J connectivity index is 2.29. The summed E-state index contributed by atoms with van der Waals surface area (Å²) < 4.78 is 39.5. The number of amides is 1. The van der Waals surface area contributed by atoms with E-state index in [9.17, 15) is 17.6 Å². The molecule has 0 radical (unpaired) electrons. The van der Waals surface area contributed by atoms with Gasteiger partial charge in [-0.2, -0.15) is 0 Å². The van der Waals surface area contributed by atoms with Crippen LogP contribution in [-0.4, -0.2) is 26.6 Å². The highest BCUT2D eigenvalue weighted by Gasteiger charge is 2.31. The van der Waals surface area contributed by atoms with Crippen LogP contribution in [-0.2, 0) is 14.8 Å². The second kappa shape index (κ2) is 8.08. The lowest BCUT2D eigenvalue weighted by Crippen LogP contribution is -2.48. The van der Waals surface area contributed by atoms with E-state index in [4.69, 9.17) is 0 Å². The van der Waals surface area contributed by atoms with Crippen LogP contribution < -0.4 is 9.62 Å². The molecule has 0 bridgehead atoms. The Hall–Kier alpha value is -2.41. The monoisotopic (exact) mass is 392 g/mol. The van der Waals surface area contributed by atoms with E-state index in [2.05, 4.69) is 5.32 Å². The third-order valence-electron chi connectivity index (χ3n) is 4.43. The number of rotatable bonds is 6. The molecule has 1 N–H and O–H groups in total. The molecule has 2 rings (SSSR count). The van der Waals surface area contributed by atoms with Gasteiger partial charge in [0.25, 0.3) is 0 Å². The molecule has 146 valence electrons. The fourth-order valence-corrected chi connectivity index (χ4v) is 4.31. The van der Waals surface area contributed by atoms with Crippen molar-refractivity contribution in [3.8, 4) is 0 Å². The highest BCUT2D eigenvalue weighted by molar-refractivity contribution is 7.92. The smallest absolute Gasteiger partial charge is 0.244 e. The van der Waals surface area contributed by atoms with Gasteiger partial charge in [0, 0.05) is 0 Å². The van der Waals surface area contributed by atoms with E-state index in [1.807, 2.05) is 39.0 Å². The number of carbonyl (C=O) groups excluding carboxylic acids is 1. The normalized spacial score (nSPS) is 13.7. The van der Waals surface area contributed by atoms with Gasteiger partial charge in [-0.25, -0.2) is 12.8 Å². The summed E-state index contributed by atoms with van der Waals surface area (Å²) in [7, 11) is -3.87. The first-order valence-corrected chi connectivity index (χ1v) is 10.5. The van der Waals surface area contributed by atoms with Crippen molar-refractivity contribution in [2.45, 2.75) is 39.8 Å². The van der Waals surface area contributed by atoms with E-state index in [0.717, 1.165) is 33.3 Å². The number of benzene rings is 2. The average Bonchev–Trinajstić information content (AvgIpc) is 2.55. The molecular weight excluding hydrogens is 367 g/mol. The maximum atomic E-state index is 14.2. The van der Waals surface area contributed by atoms with E-state index in [0.29, 0.717) is 0 Å². The first-order valence-electron chi connectivity index (χ1n) is 8.64. The molecular formula is C20H25FN2O3S. The largest absolute Gasteiger partial charge is 0.348 e. The van der Waals surface area contributed by atoms with Gasteiger partial charge in [-0.1, -0.05) is 35.9 Å². The number of sulfonamides is 1. The summed E-state index contributed by atoms with van der Waals surface area (Å²) in [4.78, 5) is 12.7. The number of halogens is 1. The second-order valence-corrected chi connectivity index (χ2v) is 8.64. The number of nitrogens with zero attached hydrogens (tertiary/aromatic N) is 1. The van der Waals surface area contributed by atoms with E-state index in [1.165, 1.54) is 25.1 Å². The first-order chi connectivity index (χ1) is 12.5. The molecule has 0 unspecified atom stereocenters. The second-order valence-electron chi connectivity index (χ2n) is 6.78. The van der Waals surface area contributed by atoms with Crippen LogP contribution >= 0.6 is 0 Å². The summed E-state index contributed by atoms with van der Waals surface area (Å²) in [5.41, 5.74) is 2.94. The van der Waals surface area contributed by atoms with Crippen LogP contribution in [0.1, 0.15) is 36.6 Å². The highest BCUT2D eigenvalue weighted by Crippen LogP contribution is 2.25. The SMILES string of the molecule is Cc1ccc([C@H](C)NC(=O)[C@H](C)N(c2ccccc2F)S(C)(=O)=O)c(C)c1. The minimum Gasteiger partial charge on any atom is -0.348 e. The van der Waals surface area contributed by atoms with Gasteiger partial charge in [0.15, 0.2) is 0 Å². The van der Waals surface area contributed by atoms with Crippen molar-refractivity contribution in [2.75, 3.05) is 10.6 Å². The summed E-state index contributed by atoms with van der Waals surface area (Å²) in [6, 6.07) is 9.98. The van der Waals surface area contributed by atoms with Crippen molar-refractivity contribution < 1.29 is 17.6 Å². The van der Waals surface area contributed by atoms with Gasteiger partial charge in [-0.3, -0.25) is 9.10 Å². The number of anilines is 1. The maximum Gasteiger partial charge on any atom is 0.244 e. The lowest BCUT2D eigenvalue weighted by atomic mass is 10.00. The Morgan fingerprint density at radius 3 is 2.30 bits per heavy atom.